The highest BCUT2D eigenvalue weighted by Crippen LogP contribution is 2.30. The largest absolute Gasteiger partial charge is 0.359 e. The molecule has 22 heavy (non-hydrogen) atoms. The molecule has 2 aliphatic heterocycles. The first-order valence-electron chi connectivity index (χ1n) is 8.01. The molecule has 2 N–H and O–H groups in total. The van der Waals surface area contributed by atoms with Crippen molar-refractivity contribution in [2.75, 3.05) is 38.5 Å². The highest BCUT2D eigenvalue weighted by atomic mass is 16.5. The number of carbonyl (C=O) groups is 1. The maximum absolute atomic E-state index is 12.6. The Morgan fingerprint density at radius 1 is 1.41 bits per heavy atom. The molecule has 1 aromatic carbocycles. The van der Waals surface area contributed by atoms with Crippen LogP contribution in [0.1, 0.15) is 18.4 Å². The van der Waals surface area contributed by atoms with Gasteiger partial charge in [-0.2, -0.15) is 0 Å². The number of hydrogen-bond donors (Lipinski definition) is 2. The Balaban J connectivity index is 1.68. The van der Waals surface area contributed by atoms with Crippen LogP contribution in [0.3, 0.4) is 0 Å². The van der Waals surface area contributed by atoms with Crippen LogP contribution in [0.2, 0.25) is 0 Å². The Morgan fingerprint density at radius 2 is 2.18 bits per heavy atom. The van der Waals surface area contributed by atoms with E-state index in [2.05, 4.69) is 22.6 Å². The maximum atomic E-state index is 12.6. The van der Waals surface area contributed by atoms with Gasteiger partial charge >= 0.3 is 0 Å². The Labute approximate surface area is 132 Å². The molecule has 0 radical (unpaired) electrons. The van der Waals surface area contributed by atoms with Crippen molar-refractivity contribution in [2.45, 2.75) is 31.5 Å². The molecule has 2 aliphatic rings. The molecule has 5 heteroatoms. The molecule has 2 saturated heterocycles. The predicted molar refractivity (Wildman–Crippen MR) is 87.0 cm³/mol. The van der Waals surface area contributed by atoms with Crippen molar-refractivity contribution in [1.29, 1.82) is 0 Å². The smallest absolute Gasteiger partial charge is 0.254 e. The lowest BCUT2D eigenvalue weighted by molar-refractivity contribution is -0.172. The first-order chi connectivity index (χ1) is 10.6. The number of aryl methyl sites for hydroxylation is 1. The molecule has 0 aliphatic carbocycles. The summed E-state index contributed by atoms with van der Waals surface area (Å²) in [5.41, 5.74) is 1.79. The zero-order chi connectivity index (χ0) is 15.6. The van der Waals surface area contributed by atoms with Crippen LogP contribution in [0.5, 0.6) is 0 Å². The standard InChI is InChI=1S/C17H25N3O2/c1-13-4-3-5-14(10-13)19-16(21)15-11-20(2)12-17(22-15)6-8-18-9-7-17/h3-5,10,15,18H,6-9,11-12H2,1-2H3,(H,19,21)/t15-/m1/s1. The van der Waals surface area contributed by atoms with Crippen LogP contribution < -0.4 is 10.6 Å². The average Bonchev–Trinajstić information content (AvgIpc) is 2.47. The van der Waals surface area contributed by atoms with Crippen LogP contribution in [-0.4, -0.2) is 55.7 Å². The van der Waals surface area contributed by atoms with Gasteiger partial charge in [0.05, 0.1) is 5.60 Å². The van der Waals surface area contributed by atoms with E-state index in [9.17, 15) is 4.79 Å². The molecule has 2 fully saturated rings. The normalized spacial score (nSPS) is 25.1. The second-order valence-electron chi connectivity index (χ2n) is 6.59. The fraction of sp³-hybridized carbons (Fsp3) is 0.588. The van der Waals surface area contributed by atoms with E-state index in [-0.39, 0.29) is 11.5 Å². The zero-order valence-electron chi connectivity index (χ0n) is 13.4. The van der Waals surface area contributed by atoms with Crippen LogP contribution in [0.4, 0.5) is 5.69 Å². The van der Waals surface area contributed by atoms with Gasteiger partial charge in [-0.25, -0.2) is 0 Å². The zero-order valence-corrected chi connectivity index (χ0v) is 13.4. The molecule has 2 heterocycles. The summed E-state index contributed by atoms with van der Waals surface area (Å²) in [4.78, 5) is 14.8. The van der Waals surface area contributed by atoms with E-state index >= 15 is 0 Å². The summed E-state index contributed by atoms with van der Waals surface area (Å²) in [6, 6.07) is 7.86. The van der Waals surface area contributed by atoms with E-state index in [0.717, 1.165) is 43.7 Å². The number of carbonyl (C=O) groups excluding carboxylic acids is 1. The van der Waals surface area contributed by atoms with Gasteiger partial charge in [-0.15, -0.1) is 0 Å². The molecule has 0 saturated carbocycles. The summed E-state index contributed by atoms with van der Waals surface area (Å²) in [5.74, 6) is -0.0462. The highest BCUT2D eigenvalue weighted by molar-refractivity contribution is 5.94. The Morgan fingerprint density at radius 3 is 2.91 bits per heavy atom. The van der Waals surface area contributed by atoms with Crippen molar-refractivity contribution in [3.05, 3.63) is 29.8 Å². The van der Waals surface area contributed by atoms with E-state index in [1.165, 1.54) is 0 Å². The van der Waals surface area contributed by atoms with Gasteiger partial charge in [0.2, 0.25) is 0 Å². The summed E-state index contributed by atoms with van der Waals surface area (Å²) in [6.07, 6.45) is 1.52. The van der Waals surface area contributed by atoms with Crippen molar-refractivity contribution >= 4 is 11.6 Å². The number of rotatable bonds is 2. The van der Waals surface area contributed by atoms with Crippen LogP contribution in [0, 0.1) is 6.92 Å². The number of likely N-dealkylation sites (N-methyl/N-ethyl adjacent to an activating group) is 1. The lowest BCUT2D eigenvalue weighted by atomic mass is 9.89. The van der Waals surface area contributed by atoms with Crippen molar-refractivity contribution < 1.29 is 9.53 Å². The number of nitrogens with one attached hydrogen (secondary N) is 2. The van der Waals surface area contributed by atoms with E-state index < -0.39 is 6.10 Å². The molecule has 5 nitrogen and oxygen atoms in total. The molecular weight excluding hydrogens is 278 g/mol. The summed E-state index contributed by atoms with van der Waals surface area (Å²) in [6.45, 7) is 5.49. The van der Waals surface area contributed by atoms with Crippen LogP contribution in [0.25, 0.3) is 0 Å². The maximum Gasteiger partial charge on any atom is 0.254 e. The van der Waals surface area contributed by atoms with Crippen LogP contribution in [0.15, 0.2) is 24.3 Å². The van der Waals surface area contributed by atoms with Gasteiger partial charge in [0.1, 0.15) is 6.10 Å². The van der Waals surface area contributed by atoms with Crippen molar-refractivity contribution in [3.63, 3.8) is 0 Å². The molecular formula is C17H25N3O2. The number of ether oxygens (including phenoxy) is 1. The molecule has 1 spiro atoms. The van der Waals surface area contributed by atoms with Gasteiger partial charge in [0, 0.05) is 18.8 Å². The SMILES string of the molecule is Cc1cccc(NC(=O)[C@H]2CN(C)CC3(CCNCC3)O2)c1. The summed E-state index contributed by atoms with van der Waals surface area (Å²) in [7, 11) is 2.07. The van der Waals surface area contributed by atoms with E-state index in [4.69, 9.17) is 4.74 Å². The summed E-state index contributed by atoms with van der Waals surface area (Å²) in [5, 5.41) is 6.35. The number of morpholine rings is 1. The Hall–Kier alpha value is -1.43. The minimum absolute atomic E-state index is 0.0462. The molecule has 0 unspecified atom stereocenters. The van der Waals surface area contributed by atoms with Gasteiger partial charge in [-0.05, 0) is 57.6 Å². The second kappa shape index (κ2) is 6.36. The van der Waals surface area contributed by atoms with Crippen molar-refractivity contribution in [3.8, 4) is 0 Å². The van der Waals surface area contributed by atoms with Crippen molar-refractivity contribution in [1.82, 2.24) is 10.2 Å². The quantitative estimate of drug-likeness (QED) is 0.867. The third kappa shape index (κ3) is 3.48. The molecule has 1 aromatic rings. The Kier molecular flexibility index (Phi) is 4.47. The van der Waals surface area contributed by atoms with Gasteiger partial charge in [-0.3, -0.25) is 4.79 Å². The minimum atomic E-state index is -0.405. The predicted octanol–water partition coefficient (Wildman–Crippen LogP) is 1.39. The van der Waals surface area contributed by atoms with Gasteiger partial charge in [-0.1, -0.05) is 12.1 Å². The molecule has 3 rings (SSSR count). The van der Waals surface area contributed by atoms with Gasteiger partial charge in [0.25, 0.3) is 5.91 Å². The number of hydrogen-bond acceptors (Lipinski definition) is 4. The molecule has 1 amide bonds. The average molecular weight is 303 g/mol. The van der Waals surface area contributed by atoms with Crippen LogP contribution >= 0.6 is 0 Å². The lowest BCUT2D eigenvalue weighted by Gasteiger charge is -2.46. The first kappa shape index (κ1) is 15.5. The monoisotopic (exact) mass is 303 g/mol. The highest BCUT2D eigenvalue weighted by Gasteiger charge is 2.42. The van der Waals surface area contributed by atoms with Gasteiger partial charge < -0.3 is 20.3 Å². The number of piperidine rings is 1. The minimum Gasteiger partial charge on any atom is -0.359 e. The fourth-order valence-corrected chi connectivity index (χ4v) is 3.46. The number of amides is 1. The first-order valence-corrected chi connectivity index (χ1v) is 8.01. The number of anilines is 1. The summed E-state index contributed by atoms with van der Waals surface area (Å²) >= 11 is 0. The number of nitrogens with zero attached hydrogens (tertiary/aromatic N) is 1. The summed E-state index contributed by atoms with van der Waals surface area (Å²) < 4.78 is 6.26. The van der Waals surface area contributed by atoms with E-state index in [1.54, 1.807) is 0 Å². The Bertz CT molecular complexity index is 540. The lowest BCUT2D eigenvalue weighted by Crippen LogP contribution is -2.60. The van der Waals surface area contributed by atoms with E-state index in [1.807, 2.05) is 31.2 Å². The van der Waals surface area contributed by atoms with Crippen molar-refractivity contribution in [2.24, 2.45) is 0 Å². The third-order valence-corrected chi connectivity index (χ3v) is 4.52. The fourth-order valence-electron chi connectivity index (χ4n) is 3.46. The molecule has 120 valence electrons. The topological polar surface area (TPSA) is 53.6 Å². The van der Waals surface area contributed by atoms with Gasteiger partial charge in [0.15, 0.2) is 0 Å². The van der Waals surface area contributed by atoms with E-state index in [0.29, 0.717) is 6.54 Å². The number of benzene rings is 1. The molecule has 0 aromatic heterocycles. The third-order valence-electron chi connectivity index (χ3n) is 4.52. The van der Waals surface area contributed by atoms with Crippen LogP contribution in [-0.2, 0) is 9.53 Å². The molecule has 0 bridgehead atoms. The second-order valence-corrected chi connectivity index (χ2v) is 6.59. The molecule has 1 atom stereocenters.